The van der Waals surface area contributed by atoms with Crippen LogP contribution in [0.5, 0.6) is 5.75 Å². The molecule has 34 heavy (non-hydrogen) atoms. The van der Waals surface area contributed by atoms with E-state index in [9.17, 15) is 14.3 Å². The molecule has 2 aliphatic carbocycles. The minimum atomic E-state index is -0.339. The van der Waals surface area contributed by atoms with Gasteiger partial charge in [0.25, 0.3) is 0 Å². The lowest BCUT2D eigenvalue weighted by Crippen LogP contribution is -2.68. The summed E-state index contributed by atoms with van der Waals surface area (Å²) < 4.78 is 14.4. The zero-order valence-electron chi connectivity index (χ0n) is 19.4. The van der Waals surface area contributed by atoms with E-state index in [1.54, 1.807) is 12.1 Å². The van der Waals surface area contributed by atoms with Gasteiger partial charge in [-0.05, 0) is 73.5 Å². The smallest absolute Gasteiger partial charge is 0.323 e. The minimum absolute atomic E-state index is 0.0406. The van der Waals surface area contributed by atoms with Gasteiger partial charge in [0.1, 0.15) is 11.6 Å². The molecule has 3 atom stereocenters. The molecule has 2 N–H and O–H groups in total. The topological polar surface area (TPSA) is 68.7 Å². The monoisotopic (exact) mass is 480 g/mol. The van der Waals surface area contributed by atoms with E-state index in [-0.39, 0.29) is 35.1 Å². The highest BCUT2D eigenvalue weighted by Crippen LogP contribution is 2.48. The number of hydrogen-bond acceptors (Lipinski definition) is 5. The lowest BCUT2D eigenvalue weighted by molar-refractivity contribution is 0.00456. The van der Waals surface area contributed by atoms with Crippen LogP contribution in [0.15, 0.2) is 36.4 Å². The first-order valence-electron chi connectivity index (χ1n) is 12.0. The number of carbonyl (C=O) groups is 1. The summed E-state index contributed by atoms with van der Waals surface area (Å²) in [5.74, 6) is 0.702. The summed E-state index contributed by atoms with van der Waals surface area (Å²) in [5.41, 5.74) is 2.70. The van der Waals surface area contributed by atoms with E-state index < -0.39 is 0 Å². The normalized spacial score (nSPS) is 26.3. The third kappa shape index (κ3) is 3.64. The maximum Gasteiger partial charge on any atom is 0.323 e. The van der Waals surface area contributed by atoms with Crippen molar-refractivity contribution in [3.63, 3.8) is 0 Å². The maximum atomic E-state index is 13.6. The van der Waals surface area contributed by atoms with E-state index >= 15 is 0 Å². The number of benzene rings is 2. The van der Waals surface area contributed by atoms with Gasteiger partial charge in [0.05, 0.1) is 16.3 Å². The molecule has 1 aliphatic heterocycles. The SMILES string of the molecule is CN(C(=O)Nc1nc2cc(F)ccc2s1)[C@@H]1[C@H]2Cc3ccc(O)cc3C1(C)CCN2CC1CC1. The Morgan fingerprint density at radius 3 is 2.94 bits per heavy atom. The van der Waals surface area contributed by atoms with Crippen LogP contribution in [-0.2, 0) is 11.8 Å². The van der Waals surface area contributed by atoms with Crippen LogP contribution in [0.3, 0.4) is 0 Å². The molecule has 2 fully saturated rings. The lowest BCUT2D eigenvalue weighted by atomic mass is 9.61. The van der Waals surface area contributed by atoms with Crippen molar-refractivity contribution in [2.75, 3.05) is 25.5 Å². The first kappa shape index (κ1) is 21.8. The summed E-state index contributed by atoms with van der Waals surface area (Å²) >= 11 is 1.35. The fraction of sp³-hybridized carbons (Fsp3) is 0.462. The van der Waals surface area contributed by atoms with E-state index in [1.807, 2.05) is 24.1 Å². The van der Waals surface area contributed by atoms with Crippen molar-refractivity contribution in [1.82, 2.24) is 14.8 Å². The fourth-order valence-electron chi connectivity index (χ4n) is 6.15. The van der Waals surface area contributed by atoms with Gasteiger partial charge in [-0.2, -0.15) is 0 Å². The summed E-state index contributed by atoms with van der Waals surface area (Å²) in [4.78, 5) is 22.3. The Morgan fingerprint density at radius 2 is 2.15 bits per heavy atom. The van der Waals surface area contributed by atoms with Crippen LogP contribution in [0.1, 0.15) is 37.3 Å². The second-order valence-electron chi connectivity index (χ2n) is 10.3. The molecule has 2 aromatic carbocycles. The van der Waals surface area contributed by atoms with Crippen molar-refractivity contribution in [3.8, 4) is 5.75 Å². The van der Waals surface area contributed by atoms with Crippen LogP contribution in [0.2, 0.25) is 0 Å². The molecular formula is C26H29FN4O2S. The number of urea groups is 1. The Kier molecular flexibility index (Phi) is 5.08. The number of likely N-dealkylation sites (N-methyl/N-ethyl adjacent to an activating group) is 1. The standard InChI is InChI=1S/C26H29FN4O2S/c1-26-9-10-31(14-15-3-4-15)21(11-16-5-7-18(32)13-19(16)26)23(26)30(2)25(33)29-24-28-20-12-17(27)6-8-22(20)34-24/h5-8,12-13,15,21,23,32H,3-4,9-11,14H2,1-2H3,(H,28,29,33)/t21-,23-,26?/m1/s1. The second-order valence-corrected chi connectivity index (χ2v) is 11.4. The number of anilines is 1. The molecule has 1 saturated carbocycles. The minimum Gasteiger partial charge on any atom is -0.508 e. The summed E-state index contributed by atoms with van der Waals surface area (Å²) in [7, 11) is 1.87. The number of hydrogen-bond donors (Lipinski definition) is 2. The van der Waals surface area contributed by atoms with Crippen LogP contribution in [0, 0.1) is 11.7 Å². The summed E-state index contributed by atoms with van der Waals surface area (Å²) in [6.07, 6.45) is 4.38. The summed E-state index contributed by atoms with van der Waals surface area (Å²) in [6, 6.07) is 10.2. The molecule has 8 heteroatoms. The van der Waals surface area contributed by atoms with Gasteiger partial charge in [-0.1, -0.05) is 24.3 Å². The number of nitrogens with one attached hydrogen (secondary N) is 1. The number of nitrogens with zero attached hydrogens (tertiary/aromatic N) is 3. The number of phenols is 1. The van der Waals surface area contributed by atoms with Crippen molar-refractivity contribution in [1.29, 1.82) is 0 Å². The van der Waals surface area contributed by atoms with Gasteiger partial charge < -0.3 is 10.0 Å². The first-order chi connectivity index (χ1) is 16.3. The molecule has 6 rings (SSSR count). The average molecular weight is 481 g/mol. The van der Waals surface area contributed by atoms with Crippen LogP contribution in [0.25, 0.3) is 10.2 Å². The Morgan fingerprint density at radius 1 is 1.32 bits per heavy atom. The highest BCUT2D eigenvalue weighted by Gasteiger charge is 2.53. The number of carbonyl (C=O) groups excluding carboxylic acids is 1. The molecule has 6 nitrogen and oxygen atoms in total. The van der Waals surface area contributed by atoms with Crippen LogP contribution < -0.4 is 5.32 Å². The summed E-state index contributed by atoms with van der Waals surface area (Å²) in [5, 5.41) is 13.7. The molecule has 0 spiro atoms. The van der Waals surface area contributed by atoms with Gasteiger partial charge >= 0.3 is 6.03 Å². The van der Waals surface area contributed by atoms with Crippen molar-refractivity contribution in [2.45, 2.75) is 50.1 Å². The van der Waals surface area contributed by atoms with E-state index in [1.165, 1.54) is 41.9 Å². The van der Waals surface area contributed by atoms with Crippen molar-refractivity contribution >= 4 is 32.7 Å². The number of amides is 2. The molecule has 1 aromatic heterocycles. The van der Waals surface area contributed by atoms with E-state index in [0.717, 1.165) is 42.1 Å². The quantitative estimate of drug-likeness (QED) is 0.553. The lowest BCUT2D eigenvalue weighted by Gasteiger charge is -2.58. The van der Waals surface area contributed by atoms with Crippen LogP contribution in [-0.4, -0.2) is 58.1 Å². The van der Waals surface area contributed by atoms with Gasteiger partial charge in [-0.15, -0.1) is 0 Å². The number of aromatic hydroxyl groups is 1. The number of halogens is 1. The molecular weight excluding hydrogens is 451 g/mol. The van der Waals surface area contributed by atoms with Gasteiger partial charge in [0.2, 0.25) is 0 Å². The number of rotatable bonds is 4. The summed E-state index contributed by atoms with van der Waals surface area (Å²) in [6.45, 7) is 4.33. The average Bonchev–Trinajstić information content (AvgIpc) is 3.53. The number of aromatic nitrogens is 1. The maximum absolute atomic E-state index is 13.6. The zero-order chi connectivity index (χ0) is 23.6. The Bertz CT molecular complexity index is 1270. The number of thiazole rings is 1. The molecule has 1 saturated heterocycles. The molecule has 2 amide bonds. The largest absolute Gasteiger partial charge is 0.508 e. The van der Waals surface area contributed by atoms with Crippen molar-refractivity contribution in [2.24, 2.45) is 5.92 Å². The molecule has 178 valence electrons. The molecule has 0 radical (unpaired) electrons. The van der Waals surface area contributed by atoms with Gasteiger partial charge in [-0.25, -0.2) is 14.2 Å². The van der Waals surface area contributed by atoms with Gasteiger partial charge in [0.15, 0.2) is 5.13 Å². The highest BCUT2D eigenvalue weighted by molar-refractivity contribution is 7.22. The predicted octanol–water partition coefficient (Wildman–Crippen LogP) is 4.97. The fourth-order valence-corrected chi connectivity index (χ4v) is 6.99. The third-order valence-electron chi connectivity index (χ3n) is 8.03. The number of piperidine rings is 1. The second kappa shape index (κ2) is 7.92. The zero-order valence-corrected chi connectivity index (χ0v) is 20.2. The Hall–Kier alpha value is -2.71. The van der Waals surface area contributed by atoms with Gasteiger partial charge in [-0.3, -0.25) is 10.2 Å². The van der Waals surface area contributed by atoms with Gasteiger partial charge in [0, 0.05) is 31.1 Å². The number of phenolic OH excluding ortho intramolecular Hbond substituents is 1. The van der Waals surface area contributed by atoms with Crippen LogP contribution >= 0.6 is 11.3 Å². The van der Waals surface area contributed by atoms with Crippen molar-refractivity contribution < 1.29 is 14.3 Å². The van der Waals surface area contributed by atoms with E-state index in [2.05, 4.69) is 22.1 Å². The highest BCUT2D eigenvalue weighted by atomic mass is 32.1. The number of likely N-dealkylation sites (tertiary alicyclic amines) is 1. The molecule has 3 aliphatic rings. The number of fused-ring (bicyclic) bond motifs is 5. The molecule has 1 unspecified atom stereocenters. The molecule has 3 aromatic rings. The van der Waals surface area contributed by atoms with Crippen molar-refractivity contribution in [3.05, 3.63) is 53.3 Å². The molecule has 2 heterocycles. The Labute approximate surface area is 202 Å². The van der Waals surface area contributed by atoms with E-state index in [4.69, 9.17) is 0 Å². The Balaban J connectivity index is 1.32. The predicted molar refractivity (Wildman–Crippen MR) is 132 cm³/mol. The third-order valence-corrected chi connectivity index (χ3v) is 8.98. The van der Waals surface area contributed by atoms with E-state index in [0.29, 0.717) is 10.6 Å². The first-order valence-corrected chi connectivity index (χ1v) is 12.8. The van der Waals surface area contributed by atoms with Crippen LogP contribution in [0.4, 0.5) is 14.3 Å². The molecule has 2 bridgehead atoms.